The number of hydrogen-bond acceptors (Lipinski definition) is 3. The van der Waals surface area contributed by atoms with E-state index in [1.165, 1.54) is 0 Å². The second-order valence-electron chi connectivity index (χ2n) is 3.16. The number of ether oxygens (including phenoxy) is 1. The van der Waals surface area contributed by atoms with E-state index in [1.54, 1.807) is 7.11 Å². The fraction of sp³-hybridized carbons (Fsp3) is 0.889. The topological polar surface area (TPSA) is 59.6 Å². The van der Waals surface area contributed by atoms with Crippen LogP contribution in [-0.2, 0) is 4.74 Å². The second-order valence-corrected chi connectivity index (χ2v) is 3.16. The van der Waals surface area contributed by atoms with E-state index in [-0.39, 0.29) is 5.60 Å². The number of aliphatic imine (C=N–C) groups is 1. The summed E-state index contributed by atoms with van der Waals surface area (Å²) in [7, 11) is 1.67. The first kappa shape index (κ1) is 12.4. The zero-order chi connectivity index (χ0) is 10.3. The van der Waals surface area contributed by atoms with E-state index in [4.69, 9.17) is 10.6 Å². The smallest absolute Gasteiger partial charge is 0.143 e. The normalized spacial score (nSPS) is 16.8. The Morgan fingerprint density at radius 2 is 2.15 bits per heavy atom. The van der Waals surface area contributed by atoms with E-state index in [0.29, 0.717) is 0 Å². The van der Waals surface area contributed by atoms with Gasteiger partial charge in [-0.3, -0.25) is 4.99 Å². The fourth-order valence-electron chi connectivity index (χ4n) is 0.998. The van der Waals surface area contributed by atoms with Crippen LogP contribution in [0.15, 0.2) is 4.99 Å². The van der Waals surface area contributed by atoms with Crippen molar-refractivity contribution in [1.29, 1.82) is 0 Å². The van der Waals surface area contributed by atoms with Crippen LogP contribution in [0.1, 0.15) is 33.6 Å². The molecule has 0 aliphatic rings. The summed E-state index contributed by atoms with van der Waals surface area (Å²) in [5.74, 6) is 6.11. The van der Waals surface area contributed by atoms with Crippen molar-refractivity contribution < 1.29 is 4.74 Å². The lowest BCUT2D eigenvalue weighted by Crippen LogP contribution is -2.48. The summed E-state index contributed by atoms with van der Waals surface area (Å²) in [5, 5.41) is 0. The van der Waals surface area contributed by atoms with Gasteiger partial charge in [0, 0.05) is 13.7 Å². The van der Waals surface area contributed by atoms with Gasteiger partial charge in [0.05, 0.1) is 0 Å². The summed E-state index contributed by atoms with van der Waals surface area (Å²) in [6, 6.07) is 0. The van der Waals surface area contributed by atoms with Gasteiger partial charge in [-0.25, -0.2) is 5.84 Å². The molecular weight excluding hydrogens is 166 g/mol. The molecule has 0 aromatic carbocycles. The first-order valence-electron chi connectivity index (χ1n) is 4.71. The summed E-state index contributed by atoms with van der Waals surface area (Å²) >= 11 is 0. The van der Waals surface area contributed by atoms with Crippen molar-refractivity contribution in [3.05, 3.63) is 0 Å². The number of rotatable bonds is 5. The monoisotopic (exact) mass is 187 g/mol. The van der Waals surface area contributed by atoms with Crippen LogP contribution in [0.5, 0.6) is 0 Å². The number of nitrogens with zero attached hydrogens (tertiary/aromatic N) is 1. The molecule has 0 radical (unpaired) electrons. The Hall–Kier alpha value is -0.610. The molecule has 13 heavy (non-hydrogen) atoms. The predicted octanol–water partition coefficient (Wildman–Crippen LogP) is 1.07. The quantitative estimate of drug-likeness (QED) is 0.293. The summed E-state index contributed by atoms with van der Waals surface area (Å²) in [6.07, 6.45) is 1.85. The van der Waals surface area contributed by atoms with Crippen molar-refractivity contribution in [1.82, 2.24) is 5.43 Å². The SMILES string of the molecule is CCCN=C(NN)C(C)(CC)OC. The average Bonchev–Trinajstić information content (AvgIpc) is 2.18. The van der Waals surface area contributed by atoms with E-state index < -0.39 is 0 Å². The van der Waals surface area contributed by atoms with Crippen LogP contribution in [0, 0.1) is 0 Å². The molecule has 3 N–H and O–H groups in total. The molecule has 0 bridgehead atoms. The van der Waals surface area contributed by atoms with Crippen LogP contribution in [0.3, 0.4) is 0 Å². The molecule has 0 fully saturated rings. The molecule has 0 aromatic rings. The Balaban J connectivity index is 4.52. The third-order valence-corrected chi connectivity index (χ3v) is 2.26. The van der Waals surface area contributed by atoms with E-state index in [2.05, 4.69) is 17.3 Å². The molecule has 1 atom stereocenters. The predicted molar refractivity (Wildman–Crippen MR) is 55.6 cm³/mol. The maximum Gasteiger partial charge on any atom is 0.143 e. The van der Waals surface area contributed by atoms with E-state index in [9.17, 15) is 0 Å². The van der Waals surface area contributed by atoms with Gasteiger partial charge in [0.2, 0.25) is 0 Å². The van der Waals surface area contributed by atoms with Gasteiger partial charge in [0.1, 0.15) is 11.4 Å². The minimum absolute atomic E-state index is 0.385. The highest BCUT2D eigenvalue weighted by atomic mass is 16.5. The summed E-state index contributed by atoms with van der Waals surface area (Å²) < 4.78 is 5.36. The Labute approximate surface area is 80.5 Å². The number of amidine groups is 1. The van der Waals surface area contributed by atoms with Crippen molar-refractivity contribution in [2.45, 2.75) is 39.2 Å². The zero-order valence-corrected chi connectivity index (χ0v) is 9.05. The van der Waals surface area contributed by atoms with Crippen LogP contribution in [-0.4, -0.2) is 25.1 Å². The van der Waals surface area contributed by atoms with Gasteiger partial charge in [-0.1, -0.05) is 13.8 Å². The summed E-state index contributed by atoms with van der Waals surface area (Å²) in [5.41, 5.74) is 2.22. The summed E-state index contributed by atoms with van der Waals surface area (Å²) in [4.78, 5) is 4.33. The molecule has 4 nitrogen and oxygen atoms in total. The van der Waals surface area contributed by atoms with Crippen molar-refractivity contribution in [2.75, 3.05) is 13.7 Å². The van der Waals surface area contributed by atoms with Crippen LogP contribution >= 0.6 is 0 Å². The lowest BCUT2D eigenvalue weighted by molar-refractivity contribution is 0.0598. The van der Waals surface area contributed by atoms with Crippen LogP contribution in [0.25, 0.3) is 0 Å². The highest BCUT2D eigenvalue weighted by Gasteiger charge is 2.27. The highest BCUT2D eigenvalue weighted by molar-refractivity contribution is 5.89. The van der Waals surface area contributed by atoms with E-state index in [1.807, 2.05) is 13.8 Å². The molecule has 4 heteroatoms. The average molecular weight is 187 g/mol. The molecule has 0 rings (SSSR count). The molecule has 0 aliphatic heterocycles. The largest absolute Gasteiger partial charge is 0.371 e. The fourth-order valence-corrected chi connectivity index (χ4v) is 0.998. The van der Waals surface area contributed by atoms with Gasteiger partial charge >= 0.3 is 0 Å². The molecule has 0 aliphatic carbocycles. The maximum atomic E-state index is 5.39. The highest BCUT2D eigenvalue weighted by Crippen LogP contribution is 2.14. The Morgan fingerprint density at radius 1 is 1.54 bits per heavy atom. The third-order valence-electron chi connectivity index (χ3n) is 2.26. The molecule has 0 amide bonds. The van der Waals surface area contributed by atoms with Crippen LogP contribution in [0.2, 0.25) is 0 Å². The standard InChI is InChI=1S/C9H21N3O/c1-5-7-11-8(12-10)9(3,6-2)13-4/h5-7,10H2,1-4H3,(H,11,12). The molecule has 78 valence electrons. The Morgan fingerprint density at radius 3 is 2.46 bits per heavy atom. The minimum atomic E-state index is -0.385. The third kappa shape index (κ3) is 3.32. The Bertz CT molecular complexity index is 164. The zero-order valence-electron chi connectivity index (χ0n) is 9.05. The second kappa shape index (κ2) is 5.94. The van der Waals surface area contributed by atoms with Crippen molar-refractivity contribution in [2.24, 2.45) is 10.8 Å². The lowest BCUT2D eigenvalue weighted by atomic mass is 10.0. The first-order valence-corrected chi connectivity index (χ1v) is 4.71. The van der Waals surface area contributed by atoms with Crippen molar-refractivity contribution >= 4 is 5.84 Å². The van der Waals surface area contributed by atoms with Gasteiger partial charge in [0.25, 0.3) is 0 Å². The maximum absolute atomic E-state index is 5.39. The molecular formula is C9H21N3O. The molecule has 0 aromatic heterocycles. The van der Waals surface area contributed by atoms with Gasteiger partial charge in [-0.05, 0) is 19.8 Å². The molecule has 0 saturated carbocycles. The van der Waals surface area contributed by atoms with Crippen LogP contribution < -0.4 is 11.3 Å². The molecule has 0 spiro atoms. The Kier molecular flexibility index (Phi) is 5.66. The lowest BCUT2D eigenvalue weighted by Gasteiger charge is -2.27. The van der Waals surface area contributed by atoms with Gasteiger partial charge in [-0.15, -0.1) is 0 Å². The number of hydrogen-bond donors (Lipinski definition) is 2. The van der Waals surface area contributed by atoms with E-state index in [0.717, 1.165) is 25.2 Å². The molecule has 0 saturated heterocycles. The van der Waals surface area contributed by atoms with Gasteiger partial charge in [-0.2, -0.15) is 0 Å². The molecule has 0 heterocycles. The number of hydrazine groups is 1. The number of nitrogens with two attached hydrogens (primary N) is 1. The number of methoxy groups -OCH3 is 1. The molecule has 1 unspecified atom stereocenters. The first-order chi connectivity index (χ1) is 6.14. The van der Waals surface area contributed by atoms with Crippen LogP contribution in [0.4, 0.5) is 0 Å². The minimum Gasteiger partial charge on any atom is -0.371 e. The van der Waals surface area contributed by atoms with E-state index >= 15 is 0 Å². The van der Waals surface area contributed by atoms with Gasteiger partial charge < -0.3 is 10.2 Å². The summed E-state index contributed by atoms with van der Waals surface area (Å²) in [6.45, 7) is 6.87. The van der Waals surface area contributed by atoms with Crippen molar-refractivity contribution in [3.63, 3.8) is 0 Å². The van der Waals surface area contributed by atoms with Crippen molar-refractivity contribution in [3.8, 4) is 0 Å². The van der Waals surface area contributed by atoms with Gasteiger partial charge in [0.15, 0.2) is 0 Å². The number of nitrogens with one attached hydrogen (secondary N) is 1.